The molecule has 0 aliphatic carbocycles. The van der Waals surface area contributed by atoms with Crippen LogP contribution in [-0.4, -0.2) is 0 Å². The Balaban J connectivity index is 2.42. The van der Waals surface area contributed by atoms with E-state index in [1.807, 2.05) is 17.5 Å². The minimum atomic E-state index is -0.213. The third kappa shape index (κ3) is 2.57. The van der Waals surface area contributed by atoms with Crippen molar-refractivity contribution in [1.29, 1.82) is 0 Å². The molecule has 0 radical (unpaired) electrons. The minimum Gasteiger partial charge on any atom is -0.271 e. The maximum Gasteiger partial charge on any atom is 0.126 e. The molecule has 1 aromatic heterocycles. The van der Waals surface area contributed by atoms with Gasteiger partial charge in [0.05, 0.1) is 6.04 Å². The summed E-state index contributed by atoms with van der Waals surface area (Å²) in [6.07, 6.45) is 0. The molecule has 0 spiro atoms. The summed E-state index contributed by atoms with van der Waals surface area (Å²) in [6, 6.07) is 6.92. The first kappa shape index (κ1) is 12.7. The van der Waals surface area contributed by atoms with Crippen LogP contribution in [0.2, 0.25) is 0 Å². The van der Waals surface area contributed by atoms with E-state index in [0.717, 1.165) is 14.9 Å². The van der Waals surface area contributed by atoms with Crippen LogP contribution in [0.5, 0.6) is 0 Å². The van der Waals surface area contributed by atoms with Crippen LogP contribution in [0.15, 0.2) is 34.1 Å². The molecule has 2 aromatic rings. The molecule has 0 fully saturated rings. The maximum atomic E-state index is 13.5. The zero-order valence-electron chi connectivity index (χ0n) is 9.21. The molecule has 3 N–H and O–H groups in total. The number of halogens is 2. The van der Waals surface area contributed by atoms with Gasteiger partial charge < -0.3 is 0 Å². The number of aryl methyl sites for hydroxylation is 1. The third-order valence-corrected chi connectivity index (χ3v) is 4.54. The summed E-state index contributed by atoms with van der Waals surface area (Å²) in [5.74, 6) is 5.35. The van der Waals surface area contributed by atoms with E-state index < -0.39 is 0 Å². The van der Waals surface area contributed by atoms with E-state index in [0.29, 0.717) is 5.56 Å². The van der Waals surface area contributed by atoms with Gasteiger partial charge in [-0.3, -0.25) is 5.84 Å². The molecule has 0 aliphatic heterocycles. The van der Waals surface area contributed by atoms with Gasteiger partial charge in [0.15, 0.2) is 0 Å². The molecule has 2 nitrogen and oxygen atoms in total. The first-order chi connectivity index (χ1) is 8.13. The molecular weight excluding hydrogens is 303 g/mol. The lowest BCUT2D eigenvalue weighted by molar-refractivity contribution is 0.601. The van der Waals surface area contributed by atoms with E-state index in [1.54, 1.807) is 24.3 Å². The topological polar surface area (TPSA) is 38.0 Å². The molecule has 0 saturated heterocycles. The maximum absolute atomic E-state index is 13.5. The fourth-order valence-corrected chi connectivity index (χ4v) is 3.31. The van der Waals surface area contributed by atoms with Gasteiger partial charge >= 0.3 is 0 Å². The van der Waals surface area contributed by atoms with E-state index in [-0.39, 0.29) is 11.9 Å². The van der Waals surface area contributed by atoms with Gasteiger partial charge in [-0.15, -0.1) is 11.3 Å². The Morgan fingerprint density at radius 3 is 2.71 bits per heavy atom. The number of nitrogens with two attached hydrogens (primary N) is 1. The van der Waals surface area contributed by atoms with Gasteiger partial charge in [-0.2, -0.15) is 0 Å². The Morgan fingerprint density at radius 1 is 1.41 bits per heavy atom. The van der Waals surface area contributed by atoms with E-state index in [1.165, 1.54) is 6.07 Å². The monoisotopic (exact) mass is 314 g/mol. The summed E-state index contributed by atoms with van der Waals surface area (Å²) < 4.78 is 14.5. The van der Waals surface area contributed by atoms with E-state index in [9.17, 15) is 4.39 Å². The van der Waals surface area contributed by atoms with E-state index in [4.69, 9.17) is 5.84 Å². The predicted octanol–water partition coefficient (Wildman–Crippen LogP) is 3.51. The summed E-state index contributed by atoms with van der Waals surface area (Å²) in [4.78, 5) is 1.04. The van der Waals surface area contributed by atoms with Crippen molar-refractivity contribution in [2.24, 2.45) is 5.84 Å². The van der Waals surface area contributed by atoms with Gasteiger partial charge in [-0.1, -0.05) is 12.1 Å². The zero-order chi connectivity index (χ0) is 12.4. The normalized spacial score (nSPS) is 12.7. The lowest BCUT2D eigenvalue weighted by Crippen LogP contribution is -2.28. The van der Waals surface area contributed by atoms with Crippen molar-refractivity contribution < 1.29 is 4.39 Å². The lowest BCUT2D eigenvalue weighted by Gasteiger charge is -2.16. The van der Waals surface area contributed by atoms with Crippen LogP contribution in [-0.2, 0) is 0 Å². The second kappa shape index (κ2) is 5.27. The van der Waals surface area contributed by atoms with Crippen molar-refractivity contribution in [2.45, 2.75) is 13.0 Å². The Labute approximate surface area is 112 Å². The highest BCUT2D eigenvalue weighted by molar-refractivity contribution is 9.10. The van der Waals surface area contributed by atoms with Crippen molar-refractivity contribution in [3.05, 3.63) is 55.9 Å². The summed E-state index contributed by atoms with van der Waals surface area (Å²) >= 11 is 5.03. The van der Waals surface area contributed by atoms with Crippen LogP contribution in [0, 0.1) is 12.7 Å². The Kier molecular flexibility index (Phi) is 3.93. The minimum absolute atomic E-state index is 0.195. The second-order valence-electron chi connectivity index (χ2n) is 3.74. The Hall–Kier alpha value is -0.750. The Bertz CT molecular complexity index is 527. The van der Waals surface area contributed by atoms with E-state index in [2.05, 4.69) is 21.4 Å². The van der Waals surface area contributed by atoms with Gasteiger partial charge in [0, 0.05) is 9.35 Å². The SMILES string of the molecule is Cc1ccc(C(NN)c2sccc2Br)cc1F. The smallest absolute Gasteiger partial charge is 0.126 e. The average molecular weight is 315 g/mol. The van der Waals surface area contributed by atoms with Gasteiger partial charge in [-0.05, 0) is 51.5 Å². The highest BCUT2D eigenvalue weighted by Crippen LogP contribution is 2.33. The van der Waals surface area contributed by atoms with Crippen LogP contribution in [0.4, 0.5) is 4.39 Å². The van der Waals surface area contributed by atoms with Crippen LogP contribution in [0.3, 0.4) is 0 Å². The second-order valence-corrected chi connectivity index (χ2v) is 5.54. The molecule has 0 saturated carbocycles. The van der Waals surface area contributed by atoms with Crippen molar-refractivity contribution in [3.8, 4) is 0 Å². The molecule has 1 unspecified atom stereocenters. The first-order valence-corrected chi connectivity index (χ1v) is 6.76. The number of hydrogen-bond donors (Lipinski definition) is 2. The highest BCUT2D eigenvalue weighted by Gasteiger charge is 2.17. The van der Waals surface area contributed by atoms with Gasteiger partial charge in [0.1, 0.15) is 5.82 Å². The molecule has 1 aromatic carbocycles. The van der Waals surface area contributed by atoms with E-state index >= 15 is 0 Å². The molecule has 90 valence electrons. The molecule has 17 heavy (non-hydrogen) atoms. The summed E-state index contributed by atoms with van der Waals surface area (Å²) in [5.41, 5.74) is 4.17. The van der Waals surface area contributed by atoms with Crippen molar-refractivity contribution >= 4 is 27.3 Å². The molecule has 5 heteroatoms. The molecule has 1 heterocycles. The molecule has 0 bridgehead atoms. The summed E-state index contributed by atoms with van der Waals surface area (Å²) in [7, 11) is 0. The largest absolute Gasteiger partial charge is 0.271 e. The summed E-state index contributed by atoms with van der Waals surface area (Å²) in [6.45, 7) is 1.74. The summed E-state index contributed by atoms with van der Waals surface area (Å²) in [5, 5.41) is 1.97. The molecule has 1 atom stereocenters. The van der Waals surface area contributed by atoms with Crippen LogP contribution < -0.4 is 11.3 Å². The number of rotatable bonds is 3. The van der Waals surface area contributed by atoms with Crippen molar-refractivity contribution in [1.82, 2.24) is 5.43 Å². The Morgan fingerprint density at radius 2 is 2.18 bits per heavy atom. The first-order valence-electron chi connectivity index (χ1n) is 5.08. The van der Waals surface area contributed by atoms with Crippen molar-refractivity contribution in [2.75, 3.05) is 0 Å². The molecular formula is C12H12BrFN2S. The van der Waals surface area contributed by atoms with Gasteiger partial charge in [0.25, 0.3) is 0 Å². The van der Waals surface area contributed by atoms with Gasteiger partial charge in [0.2, 0.25) is 0 Å². The quantitative estimate of drug-likeness (QED) is 0.672. The van der Waals surface area contributed by atoms with Crippen LogP contribution >= 0.6 is 27.3 Å². The number of thiophene rings is 1. The number of hydrazine groups is 1. The number of nitrogens with one attached hydrogen (secondary N) is 1. The standard InChI is InChI=1S/C12H12BrFN2S/c1-7-2-3-8(6-10(7)14)11(16-15)12-9(13)4-5-17-12/h2-6,11,16H,15H2,1H3. The van der Waals surface area contributed by atoms with Crippen molar-refractivity contribution in [3.63, 3.8) is 0 Å². The van der Waals surface area contributed by atoms with Crippen LogP contribution in [0.1, 0.15) is 22.0 Å². The number of hydrogen-bond acceptors (Lipinski definition) is 3. The fourth-order valence-electron chi connectivity index (χ4n) is 1.62. The third-order valence-electron chi connectivity index (χ3n) is 2.60. The zero-order valence-corrected chi connectivity index (χ0v) is 11.6. The molecule has 0 aliphatic rings. The molecule has 2 rings (SSSR count). The molecule has 0 amide bonds. The van der Waals surface area contributed by atoms with Crippen LogP contribution in [0.25, 0.3) is 0 Å². The average Bonchev–Trinajstić information content (AvgIpc) is 2.71. The predicted molar refractivity (Wildman–Crippen MR) is 72.3 cm³/mol. The fraction of sp³-hybridized carbons (Fsp3) is 0.167. The lowest BCUT2D eigenvalue weighted by atomic mass is 10.0. The van der Waals surface area contributed by atoms with Gasteiger partial charge in [-0.25, -0.2) is 9.82 Å². The highest BCUT2D eigenvalue weighted by atomic mass is 79.9. The number of benzene rings is 1.